The van der Waals surface area contributed by atoms with E-state index in [-0.39, 0.29) is 12.3 Å². The monoisotopic (exact) mass is 369 g/mol. The van der Waals surface area contributed by atoms with Gasteiger partial charge in [0.2, 0.25) is 5.91 Å². The van der Waals surface area contributed by atoms with Crippen LogP contribution in [0.3, 0.4) is 0 Å². The maximum atomic E-state index is 12.0. The summed E-state index contributed by atoms with van der Waals surface area (Å²) in [7, 11) is 0. The fourth-order valence-electron chi connectivity index (χ4n) is 2.33. The molecular formula is C16H17Cl2N3O3. The van der Waals surface area contributed by atoms with Crippen LogP contribution in [0.1, 0.15) is 23.9 Å². The molecule has 0 saturated carbocycles. The number of nitrogens with one attached hydrogen (secondary N) is 1. The van der Waals surface area contributed by atoms with Gasteiger partial charge in [0.25, 0.3) is 0 Å². The minimum Gasteiger partial charge on any atom is -0.480 e. The minimum atomic E-state index is -1.08. The van der Waals surface area contributed by atoms with Crippen molar-refractivity contribution in [1.82, 2.24) is 15.1 Å². The van der Waals surface area contributed by atoms with E-state index in [9.17, 15) is 9.59 Å². The van der Waals surface area contributed by atoms with Gasteiger partial charge in [0.1, 0.15) is 6.04 Å². The molecule has 1 aromatic carbocycles. The maximum Gasteiger partial charge on any atom is 0.325 e. The Balaban J connectivity index is 2.29. The summed E-state index contributed by atoms with van der Waals surface area (Å²) in [4.78, 5) is 22.9. The van der Waals surface area contributed by atoms with Gasteiger partial charge in [0, 0.05) is 16.3 Å². The zero-order chi connectivity index (χ0) is 18.0. The van der Waals surface area contributed by atoms with Crippen LogP contribution in [0.4, 0.5) is 0 Å². The molecule has 24 heavy (non-hydrogen) atoms. The Morgan fingerprint density at radius 2 is 2.00 bits per heavy atom. The molecule has 1 heterocycles. The number of halogens is 2. The summed E-state index contributed by atoms with van der Waals surface area (Å²) in [5.41, 5.74) is 2.83. The molecule has 0 bridgehead atoms. The summed E-state index contributed by atoms with van der Waals surface area (Å²) in [6.45, 7) is 5.03. The summed E-state index contributed by atoms with van der Waals surface area (Å²) in [6.07, 6.45) is 0.0422. The number of carboxylic acids is 1. The largest absolute Gasteiger partial charge is 0.480 e. The van der Waals surface area contributed by atoms with Crippen molar-refractivity contribution in [3.63, 3.8) is 0 Å². The molecule has 0 spiro atoms. The Kier molecular flexibility index (Phi) is 5.51. The number of aliphatic carboxylic acids is 1. The summed E-state index contributed by atoms with van der Waals surface area (Å²) in [6, 6.07) is 4.13. The second-order valence-corrected chi connectivity index (χ2v) is 6.30. The van der Waals surface area contributed by atoms with Crippen molar-refractivity contribution in [2.75, 3.05) is 0 Å². The Morgan fingerprint density at radius 3 is 2.58 bits per heavy atom. The van der Waals surface area contributed by atoms with E-state index >= 15 is 0 Å². The van der Waals surface area contributed by atoms with Crippen LogP contribution >= 0.6 is 23.2 Å². The average Bonchev–Trinajstić information content (AvgIpc) is 2.75. The van der Waals surface area contributed by atoms with E-state index < -0.39 is 12.0 Å². The van der Waals surface area contributed by atoms with Crippen molar-refractivity contribution >= 4 is 35.1 Å². The first kappa shape index (κ1) is 18.3. The first-order valence-corrected chi connectivity index (χ1v) is 7.99. The predicted octanol–water partition coefficient (Wildman–Crippen LogP) is 2.93. The van der Waals surface area contributed by atoms with Gasteiger partial charge in [-0.1, -0.05) is 23.2 Å². The summed E-state index contributed by atoms with van der Waals surface area (Å²) in [5.74, 6) is -1.46. The van der Waals surface area contributed by atoms with E-state index in [4.69, 9.17) is 28.3 Å². The molecule has 0 fully saturated rings. The third-order valence-electron chi connectivity index (χ3n) is 3.66. The fourth-order valence-corrected chi connectivity index (χ4v) is 2.82. The number of nitrogens with zero attached hydrogens (tertiary/aromatic N) is 2. The number of hydrogen-bond donors (Lipinski definition) is 2. The van der Waals surface area contributed by atoms with Gasteiger partial charge in [0.05, 0.1) is 22.8 Å². The van der Waals surface area contributed by atoms with E-state index in [1.165, 1.54) is 6.92 Å². The average molecular weight is 370 g/mol. The zero-order valence-corrected chi connectivity index (χ0v) is 14.9. The standard InChI is InChI=1S/C16H17Cl2N3O3/c1-8-12(7-15(22)19-9(2)16(23)24)10(3)21(20-8)14-5-4-11(17)6-13(14)18/h4-6,9H,7H2,1-3H3,(H,19,22)(H,23,24). The van der Waals surface area contributed by atoms with E-state index in [2.05, 4.69) is 10.4 Å². The molecule has 1 aromatic heterocycles. The van der Waals surface area contributed by atoms with Crippen LogP contribution < -0.4 is 5.32 Å². The van der Waals surface area contributed by atoms with Crippen LogP contribution in [0.15, 0.2) is 18.2 Å². The number of amides is 1. The topological polar surface area (TPSA) is 84.2 Å². The summed E-state index contributed by atoms with van der Waals surface area (Å²) >= 11 is 12.1. The minimum absolute atomic E-state index is 0.0422. The number of benzene rings is 1. The second kappa shape index (κ2) is 7.23. The lowest BCUT2D eigenvalue weighted by atomic mass is 10.1. The normalized spacial score (nSPS) is 12.0. The van der Waals surface area contributed by atoms with Crippen LogP contribution in [0.2, 0.25) is 10.0 Å². The predicted molar refractivity (Wildman–Crippen MR) is 92.0 cm³/mol. The SMILES string of the molecule is Cc1nn(-c2ccc(Cl)cc2Cl)c(C)c1CC(=O)NC(C)C(=O)O. The molecule has 2 rings (SSSR count). The number of carboxylic acid groups (broad SMARTS) is 1. The van der Waals surface area contributed by atoms with Gasteiger partial charge in [-0.15, -0.1) is 0 Å². The van der Waals surface area contributed by atoms with Gasteiger partial charge in [-0.05, 0) is 39.0 Å². The Morgan fingerprint density at radius 1 is 1.33 bits per heavy atom. The Bertz CT molecular complexity index is 802. The molecule has 1 amide bonds. The molecular weight excluding hydrogens is 353 g/mol. The highest BCUT2D eigenvalue weighted by molar-refractivity contribution is 6.35. The molecule has 2 aromatic rings. The van der Waals surface area contributed by atoms with Crippen molar-refractivity contribution in [1.29, 1.82) is 0 Å². The van der Waals surface area contributed by atoms with Crippen LogP contribution in [0, 0.1) is 13.8 Å². The molecule has 6 nitrogen and oxygen atoms in total. The highest BCUT2D eigenvalue weighted by Gasteiger charge is 2.19. The van der Waals surface area contributed by atoms with Crippen molar-refractivity contribution in [2.45, 2.75) is 33.2 Å². The fraction of sp³-hybridized carbons (Fsp3) is 0.312. The van der Waals surface area contributed by atoms with Gasteiger partial charge in [0.15, 0.2) is 0 Å². The van der Waals surface area contributed by atoms with Crippen molar-refractivity contribution in [2.24, 2.45) is 0 Å². The lowest BCUT2D eigenvalue weighted by Gasteiger charge is -2.10. The molecule has 8 heteroatoms. The lowest BCUT2D eigenvalue weighted by molar-refractivity contribution is -0.141. The molecule has 128 valence electrons. The number of carbonyl (C=O) groups is 2. The first-order valence-electron chi connectivity index (χ1n) is 7.23. The lowest BCUT2D eigenvalue weighted by Crippen LogP contribution is -2.39. The van der Waals surface area contributed by atoms with Crippen LogP contribution in [-0.2, 0) is 16.0 Å². The number of aromatic nitrogens is 2. The van der Waals surface area contributed by atoms with Gasteiger partial charge in [-0.3, -0.25) is 9.59 Å². The van der Waals surface area contributed by atoms with Gasteiger partial charge < -0.3 is 10.4 Å². The van der Waals surface area contributed by atoms with Crippen LogP contribution in [-0.4, -0.2) is 32.8 Å². The molecule has 0 aliphatic carbocycles. The third kappa shape index (κ3) is 3.88. The molecule has 0 aliphatic heterocycles. The van der Waals surface area contributed by atoms with E-state index in [0.29, 0.717) is 21.4 Å². The van der Waals surface area contributed by atoms with Gasteiger partial charge in [-0.2, -0.15) is 5.10 Å². The van der Waals surface area contributed by atoms with Gasteiger partial charge in [-0.25, -0.2) is 4.68 Å². The first-order chi connectivity index (χ1) is 11.2. The Hall–Kier alpha value is -2.05. The Labute approximate surface area is 149 Å². The molecule has 0 aliphatic rings. The molecule has 1 unspecified atom stereocenters. The van der Waals surface area contributed by atoms with Gasteiger partial charge >= 0.3 is 5.97 Å². The third-order valence-corrected chi connectivity index (χ3v) is 4.20. The quantitative estimate of drug-likeness (QED) is 0.848. The highest BCUT2D eigenvalue weighted by atomic mass is 35.5. The van der Waals surface area contributed by atoms with Crippen molar-refractivity contribution in [3.8, 4) is 5.69 Å². The van der Waals surface area contributed by atoms with Crippen LogP contribution in [0.25, 0.3) is 5.69 Å². The van der Waals surface area contributed by atoms with E-state index in [1.54, 1.807) is 29.8 Å². The van der Waals surface area contributed by atoms with Crippen molar-refractivity contribution in [3.05, 3.63) is 45.2 Å². The van der Waals surface area contributed by atoms with Crippen molar-refractivity contribution < 1.29 is 14.7 Å². The summed E-state index contributed by atoms with van der Waals surface area (Å²) in [5, 5.41) is 16.7. The molecule has 0 radical (unpaired) electrons. The zero-order valence-electron chi connectivity index (χ0n) is 13.4. The molecule has 2 N–H and O–H groups in total. The summed E-state index contributed by atoms with van der Waals surface area (Å²) < 4.78 is 1.65. The smallest absolute Gasteiger partial charge is 0.325 e. The number of aryl methyl sites for hydroxylation is 1. The second-order valence-electron chi connectivity index (χ2n) is 5.46. The van der Waals surface area contributed by atoms with E-state index in [0.717, 1.165) is 11.3 Å². The highest BCUT2D eigenvalue weighted by Crippen LogP contribution is 2.27. The maximum absolute atomic E-state index is 12.0. The van der Waals surface area contributed by atoms with Crippen LogP contribution in [0.5, 0.6) is 0 Å². The van der Waals surface area contributed by atoms with E-state index in [1.807, 2.05) is 6.92 Å². The molecule has 1 atom stereocenters. The number of hydrogen-bond acceptors (Lipinski definition) is 3. The molecule has 0 saturated heterocycles. The number of carbonyl (C=O) groups excluding carboxylic acids is 1. The number of rotatable bonds is 5.